The summed E-state index contributed by atoms with van der Waals surface area (Å²) >= 11 is 6.25. The van der Waals surface area contributed by atoms with Crippen LogP contribution in [-0.2, 0) is 6.61 Å². The van der Waals surface area contributed by atoms with E-state index >= 15 is 0 Å². The molecule has 10 heteroatoms. The fourth-order valence-corrected chi connectivity index (χ4v) is 3.93. The molecule has 0 aliphatic carbocycles. The second kappa shape index (κ2) is 11.5. The largest absolute Gasteiger partial charge is 0.487 e. The number of hydrogen-bond acceptors (Lipinski definition) is 8. The molecule has 0 fully saturated rings. The van der Waals surface area contributed by atoms with Gasteiger partial charge in [0, 0.05) is 5.56 Å². The minimum absolute atomic E-state index is 0.0628. The van der Waals surface area contributed by atoms with Gasteiger partial charge in [0.25, 0.3) is 5.56 Å². The molecule has 0 saturated carbocycles. The SMILES string of the molecule is Cc1oc(-c2ccccc2Cl)nc1COc1ccc(C=NNc2nc(-c3ccccc3)c(C#N)c(=O)[nH]2)cc1. The zero-order chi connectivity index (χ0) is 27.2. The highest BCUT2D eigenvalue weighted by Gasteiger charge is 2.15. The van der Waals surface area contributed by atoms with Crippen LogP contribution in [0, 0.1) is 18.3 Å². The molecule has 0 aliphatic heterocycles. The van der Waals surface area contributed by atoms with Crippen molar-refractivity contribution in [3.8, 4) is 34.5 Å². The van der Waals surface area contributed by atoms with E-state index in [-0.39, 0.29) is 23.8 Å². The first-order valence-electron chi connectivity index (χ1n) is 11.8. The highest BCUT2D eigenvalue weighted by Crippen LogP contribution is 2.29. The van der Waals surface area contributed by atoms with Crippen molar-refractivity contribution < 1.29 is 9.15 Å². The standard InChI is InChI=1S/C29H21ClN6O3/c1-18-25(33-28(39-18)22-9-5-6-10-24(22)30)17-38-21-13-11-19(12-14-21)16-32-36-29-34-26(20-7-3-2-4-8-20)23(15-31)27(37)35-29/h2-14,16H,17H2,1H3,(H2,34,35,36,37). The number of aromatic nitrogens is 3. The van der Waals surface area contributed by atoms with E-state index in [1.807, 2.05) is 61.5 Å². The smallest absolute Gasteiger partial charge is 0.270 e. The number of aromatic amines is 1. The Hall–Kier alpha value is -5.20. The number of hydrogen-bond donors (Lipinski definition) is 2. The molecule has 0 aliphatic rings. The predicted molar refractivity (Wildman–Crippen MR) is 149 cm³/mol. The molecule has 3 aromatic carbocycles. The second-order valence-electron chi connectivity index (χ2n) is 8.35. The molecule has 9 nitrogen and oxygen atoms in total. The van der Waals surface area contributed by atoms with Gasteiger partial charge in [-0.1, -0.05) is 54.1 Å². The Balaban J connectivity index is 1.22. The number of nitriles is 1. The molecule has 2 aromatic heterocycles. The summed E-state index contributed by atoms with van der Waals surface area (Å²) in [6.07, 6.45) is 1.57. The zero-order valence-corrected chi connectivity index (χ0v) is 21.4. The van der Waals surface area contributed by atoms with Gasteiger partial charge in [0.2, 0.25) is 11.8 Å². The number of oxazole rings is 1. The lowest BCUT2D eigenvalue weighted by molar-refractivity contribution is 0.299. The van der Waals surface area contributed by atoms with Crippen molar-refractivity contribution in [2.45, 2.75) is 13.5 Å². The van der Waals surface area contributed by atoms with Gasteiger partial charge in [0.1, 0.15) is 35.4 Å². The van der Waals surface area contributed by atoms with Crippen LogP contribution in [0.1, 0.15) is 22.6 Å². The molecule has 0 unspecified atom stereocenters. The van der Waals surface area contributed by atoms with E-state index in [1.54, 1.807) is 36.5 Å². The van der Waals surface area contributed by atoms with E-state index in [0.717, 1.165) is 11.1 Å². The van der Waals surface area contributed by atoms with E-state index in [1.165, 1.54) is 0 Å². The minimum atomic E-state index is -0.549. The predicted octanol–water partition coefficient (Wildman–Crippen LogP) is 5.95. The third-order valence-electron chi connectivity index (χ3n) is 5.72. The van der Waals surface area contributed by atoms with Crippen molar-refractivity contribution >= 4 is 23.8 Å². The van der Waals surface area contributed by atoms with Crippen molar-refractivity contribution in [3.63, 3.8) is 0 Å². The van der Waals surface area contributed by atoms with Crippen LogP contribution >= 0.6 is 11.6 Å². The average molecular weight is 537 g/mol. The van der Waals surface area contributed by atoms with Gasteiger partial charge in [-0.05, 0) is 48.9 Å². The second-order valence-corrected chi connectivity index (χ2v) is 8.75. The molecule has 5 aromatic rings. The summed E-state index contributed by atoms with van der Waals surface area (Å²) < 4.78 is 11.7. The number of nitrogens with zero attached hydrogens (tertiary/aromatic N) is 4. The summed E-state index contributed by atoms with van der Waals surface area (Å²) in [5.41, 5.74) is 5.23. The van der Waals surface area contributed by atoms with Crippen LogP contribution in [0.4, 0.5) is 5.95 Å². The van der Waals surface area contributed by atoms with Crippen LogP contribution in [0.2, 0.25) is 5.02 Å². The first-order valence-corrected chi connectivity index (χ1v) is 12.2. The number of anilines is 1. The number of rotatable bonds is 8. The van der Waals surface area contributed by atoms with Crippen LogP contribution in [0.15, 0.2) is 93.2 Å². The van der Waals surface area contributed by atoms with Gasteiger partial charge >= 0.3 is 0 Å². The summed E-state index contributed by atoms with van der Waals surface area (Å²) in [6, 6.07) is 25.6. The number of nitrogens with one attached hydrogen (secondary N) is 2. The number of halogens is 1. The molecule has 39 heavy (non-hydrogen) atoms. The number of benzene rings is 3. The molecule has 0 bridgehead atoms. The van der Waals surface area contributed by atoms with E-state index in [4.69, 9.17) is 20.8 Å². The number of H-pyrrole nitrogens is 1. The Morgan fingerprint density at radius 3 is 2.56 bits per heavy atom. The Morgan fingerprint density at radius 2 is 1.82 bits per heavy atom. The minimum Gasteiger partial charge on any atom is -0.487 e. The Morgan fingerprint density at radius 1 is 1.08 bits per heavy atom. The van der Waals surface area contributed by atoms with Gasteiger partial charge in [-0.3, -0.25) is 9.78 Å². The Bertz CT molecular complexity index is 1740. The fraction of sp³-hybridized carbons (Fsp3) is 0.0690. The lowest BCUT2D eigenvalue weighted by Crippen LogP contribution is -2.16. The zero-order valence-electron chi connectivity index (χ0n) is 20.7. The lowest BCUT2D eigenvalue weighted by atomic mass is 10.1. The maximum atomic E-state index is 12.4. The molecule has 0 amide bonds. The van der Waals surface area contributed by atoms with Crippen LogP contribution in [0.3, 0.4) is 0 Å². The molecule has 5 rings (SSSR count). The summed E-state index contributed by atoms with van der Waals surface area (Å²) in [7, 11) is 0. The molecule has 0 saturated heterocycles. The van der Waals surface area contributed by atoms with Gasteiger partial charge in [0.15, 0.2) is 0 Å². The molecular formula is C29H21ClN6O3. The molecule has 2 N–H and O–H groups in total. The van der Waals surface area contributed by atoms with Crippen LogP contribution in [0.25, 0.3) is 22.7 Å². The van der Waals surface area contributed by atoms with E-state index in [2.05, 4.69) is 25.5 Å². The van der Waals surface area contributed by atoms with Gasteiger partial charge in [-0.2, -0.15) is 10.4 Å². The number of aryl methyl sites for hydroxylation is 1. The van der Waals surface area contributed by atoms with Gasteiger partial charge in [0.05, 0.1) is 22.5 Å². The van der Waals surface area contributed by atoms with E-state index < -0.39 is 5.56 Å². The summed E-state index contributed by atoms with van der Waals surface area (Å²) in [5.74, 6) is 1.87. The first kappa shape index (κ1) is 25.4. The number of hydrazone groups is 1. The molecule has 0 radical (unpaired) electrons. The van der Waals surface area contributed by atoms with Crippen molar-refractivity contribution in [3.05, 3.63) is 117 Å². The van der Waals surface area contributed by atoms with Gasteiger partial charge < -0.3 is 9.15 Å². The monoisotopic (exact) mass is 536 g/mol. The molecular weight excluding hydrogens is 516 g/mol. The van der Waals surface area contributed by atoms with Crippen molar-refractivity contribution in [1.29, 1.82) is 5.26 Å². The van der Waals surface area contributed by atoms with Gasteiger partial charge in [-0.25, -0.2) is 15.4 Å². The number of ether oxygens (including phenoxy) is 1. The third-order valence-corrected chi connectivity index (χ3v) is 6.04. The molecule has 0 spiro atoms. The summed E-state index contributed by atoms with van der Waals surface area (Å²) in [4.78, 5) is 23.8. The normalized spacial score (nSPS) is 10.9. The topological polar surface area (TPSA) is 129 Å². The van der Waals surface area contributed by atoms with Gasteiger partial charge in [-0.15, -0.1) is 0 Å². The first-order chi connectivity index (χ1) is 19.0. The van der Waals surface area contributed by atoms with Crippen LogP contribution in [-0.4, -0.2) is 21.2 Å². The molecule has 0 atom stereocenters. The maximum absolute atomic E-state index is 12.4. The summed E-state index contributed by atoms with van der Waals surface area (Å²) in [6.45, 7) is 2.06. The molecule has 192 valence electrons. The summed E-state index contributed by atoms with van der Waals surface area (Å²) in [5, 5.41) is 14.1. The Labute approximate surface area is 228 Å². The van der Waals surface area contributed by atoms with Crippen LogP contribution in [0.5, 0.6) is 5.75 Å². The third kappa shape index (κ3) is 5.87. The molecule has 2 heterocycles. The lowest BCUT2D eigenvalue weighted by Gasteiger charge is -2.06. The van der Waals surface area contributed by atoms with Crippen molar-refractivity contribution in [2.24, 2.45) is 5.10 Å². The highest BCUT2D eigenvalue weighted by molar-refractivity contribution is 6.33. The quantitative estimate of drug-likeness (QED) is 0.185. The van der Waals surface area contributed by atoms with Crippen molar-refractivity contribution in [1.82, 2.24) is 15.0 Å². The Kier molecular flexibility index (Phi) is 7.48. The fourth-order valence-electron chi connectivity index (χ4n) is 3.72. The highest BCUT2D eigenvalue weighted by atomic mass is 35.5. The maximum Gasteiger partial charge on any atom is 0.270 e. The van der Waals surface area contributed by atoms with Crippen molar-refractivity contribution in [2.75, 3.05) is 5.43 Å². The van der Waals surface area contributed by atoms with E-state index in [0.29, 0.717) is 33.7 Å². The average Bonchev–Trinajstić information content (AvgIpc) is 3.33. The van der Waals surface area contributed by atoms with E-state index in [9.17, 15) is 10.1 Å². The van der Waals surface area contributed by atoms with Crippen LogP contribution < -0.4 is 15.7 Å².